The first-order valence-electron chi connectivity index (χ1n) is 10.8. The molecule has 1 fully saturated rings. The zero-order chi connectivity index (χ0) is 23.4. The zero-order valence-electron chi connectivity index (χ0n) is 18.9. The Labute approximate surface area is 197 Å². The van der Waals surface area contributed by atoms with Gasteiger partial charge >= 0.3 is 0 Å². The lowest BCUT2D eigenvalue weighted by Crippen LogP contribution is -2.37. The second kappa shape index (κ2) is 10.2. The molecule has 8 nitrogen and oxygen atoms in total. The van der Waals surface area contributed by atoms with Gasteiger partial charge in [-0.2, -0.15) is 4.98 Å². The third-order valence-electron chi connectivity index (χ3n) is 5.81. The number of methoxy groups -OCH3 is 2. The molecule has 0 saturated carbocycles. The molecule has 0 atom stereocenters. The van der Waals surface area contributed by atoms with E-state index in [0.717, 1.165) is 37.1 Å². The second-order valence-electron chi connectivity index (χ2n) is 8.10. The summed E-state index contributed by atoms with van der Waals surface area (Å²) < 4.78 is 16.1. The first kappa shape index (κ1) is 23.1. The molecule has 0 bridgehead atoms. The van der Waals surface area contributed by atoms with Gasteiger partial charge in [0.1, 0.15) is 0 Å². The highest BCUT2D eigenvalue weighted by molar-refractivity contribution is 6.33. The first-order valence-corrected chi connectivity index (χ1v) is 11.2. The van der Waals surface area contributed by atoms with Crippen LogP contribution in [0.1, 0.15) is 24.3 Å². The molecule has 2 heterocycles. The molecule has 174 valence electrons. The van der Waals surface area contributed by atoms with Crippen molar-refractivity contribution in [1.82, 2.24) is 15.0 Å². The van der Waals surface area contributed by atoms with E-state index >= 15 is 0 Å². The number of nitrogens with zero attached hydrogens (tertiary/aromatic N) is 3. The van der Waals surface area contributed by atoms with Gasteiger partial charge in [-0.05, 0) is 68.8 Å². The second-order valence-corrected chi connectivity index (χ2v) is 8.51. The topological polar surface area (TPSA) is 89.7 Å². The largest absolute Gasteiger partial charge is 0.493 e. The number of rotatable bonds is 7. The molecule has 1 N–H and O–H groups in total. The summed E-state index contributed by atoms with van der Waals surface area (Å²) in [6.07, 6.45) is 1.51. The average Bonchev–Trinajstić information content (AvgIpc) is 3.29. The van der Waals surface area contributed by atoms with Crippen molar-refractivity contribution >= 4 is 23.2 Å². The number of piperidine rings is 1. The van der Waals surface area contributed by atoms with Gasteiger partial charge < -0.3 is 19.3 Å². The smallest absolute Gasteiger partial charge is 0.241 e. The minimum absolute atomic E-state index is 0.00827. The molecule has 3 aromatic rings. The van der Waals surface area contributed by atoms with E-state index in [9.17, 15) is 4.79 Å². The van der Waals surface area contributed by atoms with Crippen LogP contribution in [0.15, 0.2) is 40.9 Å². The average molecular weight is 471 g/mol. The van der Waals surface area contributed by atoms with Crippen molar-refractivity contribution < 1.29 is 18.8 Å². The molecule has 1 aliphatic heterocycles. The number of anilines is 1. The van der Waals surface area contributed by atoms with Gasteiger partial charge in [-0.3, -0.25) is 9.69 Å². The first-order chi connectivity index (χ1) is 16.0. The normalized spacial score (nSPS) is 14.8. The fraction of sp³-hybridized carbons (Fsp3) is 0.375. The van der Waals surface area contributed by atoms with Crippen LogP contribution < -0.4 is 14.8 Å². The summed E-state index contributed by atoms with van der Waals surface area (Å²) in [5.74, 6) is 2.23. The van der Waals surface area contributed by atoms with Gasteiger partial charge in [0.05, 0.1) is 31.5 Å². The van der Waals surface area contributed by atoms with E-state index < -0.39 is 0 Å². The van der Waals surface area contributed by atoms with E-state index in [1.807, 2.05) is 43.3 Å². The van der Waals surface area contributed by atoms with Crippen LogP contribution in [0.25, 0.3) is 11.4 Å². The van der Waals surface area contributed by atoms with Crippen molar-refractivity contribution in [3.8, 4) is 22.9 Å². The number of carbonyl (C=O) groups is 1. The van der Waals surface area contributed by atoms with Crippen molar-refractivity contribution in [3.05, 3.63) is 52.9 Å². The van der Waals surface area contributed by atoms with Gasteiger partial charge in [0.25, 0.3) is 0 Å². The molecule has 0 radical (unpaired) electrons. The molecule has 1 saturated heterocycles. The minimum Gasteiger partial charge on any atom is -0.493 e. The van der Waals surface area contributed by atoms with E-state index in [4.69, 9.17) is 25.6 Å². The van der Waals surface area contributed by atoms with E-state index in [2.05, 4.69) is 20.4 Å². The van der Waals surface area contributed by atoms with Crippen molar-refractivity contribution in [1.29, 1.82) is 0 Å². The third kappa shape index (κ3) is 5.46. The highest BCUT2D eigenvalue weighted by atomic mass is 35.5. The minimum atomic E-state index is -0.0522. The van der Waals surface area contributed by atoms with Gasteiger partial charge in [-0.1, -0.05) is 22.8 Å². The number of halogens is 1. The molecule has 1 aromatic heterocycles. The number of nitrogens with one attached hydrogen (secondary N) is 1. The van der Waals surface area contributed by atoms with Gasteiger partial charge in [0.15, 0.2) is 11.5 Å². The van der Waals surface area contributed by atoms with Gasteiger partial charge in [-0.15, -0.1) is 0 Å². The van der Waals surface area contributed by atoms with Gasteiger partial charge in [0, 0.05) is 11.5 Å². The zero-order valence-corrected chi connectivity index (χ0v) is 19.7. The quantitative estimate of drug-likeness (QED) is 0.541. The molecule has 33 heavy (non-hydrogen) atoms. The van der Waals surface area contributed by atoms with Gasteiger partial charge in [0.2, 0.25) is 17.6 Å². The SMILES string of the molecule is COc1ccc(-c2noc(CN3CCC(C(=O)Nc4ccc(C)cc4Cl)CC3)n2)cc1OC. The predicted octanol–water partition coefficient (Wildman–Crippen LogP) is 4.57. The summed E-state index contributed by atoms with van der Waals surface area (Å²) in [5, 5.41) is 7.62. The Bertz CT molecular complexity index is 1130. The number of amides is 1. The number of aromatic nitrogens is 2. The Morgan fingerprint density at radius 3 is 2.61 bits per heavy atom. The lowest BCUT2D eigenvalue weighted by molar-refractivity contribution is -0.121. The lowest BCUT2D eigenvalue weighted by atomic mass is 9.96. The van der Waals surface area contributed by atoms with Crippen LogP contribution in [-0.2, 0) is 11.3 Å². The summed E-state index contributed by atoms with van der Waals surface area (Å²) in [7, 11) is 3.18. The lowest BCUT2D eigenvalue weighted by Gasteiger charge is -2.30. The van der Waals surface area contributed by atoms with Gasteiger partial charge in [-0.25, -0.2) is 0 Å². The molecule has 1 amide bonds. The van der Waals surface area contributed by atoms with Crippen LogP contribution in [0, 0.1) is 12.8 Å². The van der Waals surface area contributed by atoms with Crippen molar-refractivity contribution in [2.75, 3.05) is 32.6 Å². The molecule has 0 unspecified atom stereocenters. The van der Waals surface area contributed by atoms with Crippen molar-refractivity contribution in [3.63, 3.8) is 0 Å². The number of hydrogen-bond acceptors (Lipinski definition) is 7. The number of likely N-dealkylation sites (tertiary alicyclic amines) is 1. The fourth-order valence-electron chi connectivity index (χ4n) is 3.91. The summed E-state index contributed by atoms with van der Waals surface area (Å²) in [6, 6.07) is 11.1. The standard InChI is InChI=1S/C24H27ClN4O4/c1-15-4-6-19(18(25)12-15)26-24(30)16-8-10-29(11-9-16)14-22-27-23(28-33-22)17-5-7-20(31-2)21(13-17)32-3/h4-7,12-13,16H,8-11,14H2,1-3H3,(H,26,30). The maximum absolute atomic E-state index is 12.7. The Morgan fingerprint density at radius 2 is 1.91 bits per heavy atom. The molecular weight excluding hydrogens is 444 g/mol. The predicted molar refractivity (Wildman–Crippen MR) is 126 cm³/mol. The highest BCUT2D eigenvalue weighted by Crippen LogP contribution is 2.31. The Balaban J connectivity index is 1.31. The summed E-state index contributed by atoms with van der Waals surface area (Å²) in [4.78, 5) is 19.4. The Kier molecular flexibility index (Phi) is 7.15. The van der Waals surface area contributed by atoms with Crippen molar-refractivity contribution in [2.45, 2.75) is 26.3 Å². The van der Waals surface area contributed by atoms with E-state index in [0.29, 0.717) is 40.5 Å². The van der Waals surface area contributed by atoms with E-state index in [-0.39, 0.29) is 11.8 Å². The van der Waals surface area contributed by atoms with Crippen LogP contribution in [0.3, 0.4) is 0 Å². The van der Waals surface area contributed by atoms with Crippen LogP contribution in [0.4, 0.5) is 5.69 Å². The number of aryl methyl sites for hydroxylation is 1. The van der Waals surface area contributed by atoms with Crippen LogP contribution in [0.2, 0.25) is 5.02 Å². The number of benzene rings is 2. The maximum atomic E-state index is 12.7. The summed E-state index contributed by atoms with van der Waals surface area (Å²) in [6.45, 7) is 4.05. The van der Waals surface area contributed by atoms with Crippen LogP contribution in [-0.4, -0.2) is 48.3 Å². The summed E-state index contributed by atoms with van der Waals surface area (Å²) in [5.41, 5.74) is 2.50. The number of carbonyl (C=O) groups excluding carboxylic acids is 1. The Morgan fingerprint density at radius 1 is 1.15 bits per heavy atom. The molecule has 4 rings (SSSR count). The molecule has 0 aliphatic carbocycles. The maximum Gasteiger partial charge on any atom is 0.241 e. The fourth-order valence-corrected chi connectivity index (χ4v) is 4.19. The van der Waals surface area contributed by atoms with E-state index in [1.54, 1.807) is 14.2 Å². The third-order valence-corrected chi connectivity index (χ3v) is 6.12. The molecule has 9 heteroatoms. The monoisotopic (exact) mass is 470 g/mol. The summed E-state index contributed by atoms with van der Waals surface area (Å²) >= 11 is 6.24. The highest BCUT2D eigenvalue weighted by Gasteiger charge is 2.26. The van der Waals surface area contributed by atoms with E-state index in [1.165, 1.54) is 0 Å². The van der Waals surface area contributed by atoms with Crippen molar-refractivity contribution in [2.24, 2.45) is 5.92 Å². The Hall–Kier alpha value is -3.10. The number of hydrogen-bond donors (Lipinski definition) is 1. The molecule has 1 aliphatic rings. The molecule has 2 aromatic carbocycles. The van der Waals surface area contributed by atoms with Crippen LogP contribution >= 0.6 is 11.6 Å². The van der Waals surface area contributed by atoms with Crippen LogP contribution in [0.5, 0.6) is 11.5 Å². The molecule has 0 spiro atoms. The molecular formula is C24H27ClN4O4. The number of ether oxygens (including phenoxy) is 2.